The second-order valence-corrected chi connectivity index (χ2v) is 2.53. The Morgan fingerprint density at radius 1 is 1.73 bits per heavy atom. The third-order valence-electron chi connectivity index (χ3n) is 1.54. The molecule has 11 heavy (non-hydrogen) atoms. The Morgan fingerprint density at radius 2 is 2.36 bits per heavy atom. The van der Waals surface area contributed by atoms with Crippen molar-refractivity contribution in [2.45, 2.75) is 19.4 Å². The molecule has 0 aliphatic heterocycles. The molecule has 1 unspecified atom stereocenters. The van der Waals surface area contributed by atoms with E-state index in [1.54, 1.807) is 6.20 Å². The van der Waals surface area contributed by atoms with Gasteiger partial charge in [-0.2, -0.15) is 0 Å². The molecule has 0 fully saturated rings. The zero-order valence-electron chi connectivity index (χ0n) is 7.38. The minimum absolute atomic E-state index is 0.249. The molecule has 0 aromatic heterocycles. The van der Waals surface area contributed by atoms with Crippen molar-refractivity contribution in [1.29, 1.82) is 0 Å². The van der Waals surface area contributed by atoms with Gasteiger partial charge in [0.2, 0.25) is 0 Å². The minimum Gasteiger partial charge on any atom is -0.391 e. The van der Waals surface area contributed by atoms with Gasteiger partial charge in [-0.15, -0.1) is 0 Å². The zero-order chi connectivity index (χ0) is 8.69. The van der Waals surface area contributed by atoms with Crippen molar-refractivity contribution in [2.24, 2.45) is 0 Å². The Labute approximate surface area is 68.7 Å². The fourth-order valence-electron chi connectivity index (χ4n) is 0.807. The normalized spacial score (nSPS) is 12.6. The Morgan fingerprint density at radius 3 is 2.73 bits per heavy atom. The van der Waals surface area contributed by atoms with Crippen molar-refractivity contribution >= 4 is 0 Å². The number of hydrogen-bond donors (Lipinski definition) is 2. The van der Waals surface area contributed by atoms with Crippen LogP contribution in [0.15, 0.2) is 12.8 Å². The van der Waals surface area contributed by atoms with Crippen LogP contribution in [0, 0.1) is 0 Å². The first-order chi connectivity index (χ1) is 5.24. The van der Waals surface area contributed by atoms with Crippen LogP contribution in [0.1, 0.15) is 13.3 Å². The quantitative estimate of drug-likeness (QED) is 0.549. The molecule has 66 valence electrons. The molecule has 3 nitrogen and oxygen atoms in total. The predicted molar refractivity (Wildman–Crippen MR) is 47.1 cm³/mol. The summed E-state index contributed by atoms with van der Waals surface area (Å²) in [7, 11) is 1.87. The summed E-state index contributed by atoms with van der Waals surface area (Å²) >= 11 is 0. The van der Waals surface area contributed by atoms with Gasteiger partial charge in [0.05, 0.1) is 12.8 Å². The molecule has 0 rings (SSSR count). The van der Waals surface area contributed by atoms with Gasteiger partial charge < -0.3 is 15.3 Å². The van der Waals surface area contributed by atoms with Crippen LogP contribution >= 0.6 is 0 Å². The molecule has 3 heteroatoms. The van der Waals surface area contributed by atoms with E-state index in [1.807, 2.05) is 18.9 Å². The number of rotatable bonds is 6. The summed E-state index contributed by atoms with van der Waals surface area (Å²) in [6, 6.07) is 0. The average molecular weight is 158 g/mol. The van der Waals surface area contributed by atoms with E-state index >= 15 is 0 Å². The molecule has 0 radical (unpaired) electrons. The highest BCUT2D eigenvalue weighted by molar-refractivity contribution is 4.72. The number of aliphatic hydroxyl groups excluding tert-OH is 1. The minimum atomic E-state index is -0.249. The molecule has 0 aliphatic rings. The van der Waals surface area contributed by atoms with Gasteiger partial charge in [-0.05, 0) is 19.7 Å². The van der Waals surface area contributed by atoms with Gasteiger partial charge in [-0.1, -0.05) is 13.5 Å². The van der Waals surface area contributed by atoms with E-state index in [1.165, 1.54) is 0 Å². The first kappa shape index (κ1) is 10.5. The topological polar surface area (TPSA) is 35.5 Å². The van der Waals surface area contributed by atoms with Gasteiger partial charge in [0, 0.05) is 6.54 Å². The molecule has 1 atom stereocenters. The van der Waals surface area contributed by atoms with Gasteiger partial charge in [-0.3, -0.25) is 0 Å². The lowest BCUT2D eigenvalue weighted by molar-refractivity contribution is 0.128. The van der Waals surface area contributed by atoms with E-state index in [4.69, 9.17) is 0 Å². The molecular weight excluding hydrogens is 140 g/mol. The second-order valence-electron chi connectivity index (χ2n) is 2.53. The number of nitrogens with one attached hydrogen (secondary N) is 1. The number of aliphatic hydroxyl groups is 1. The van der Waals surface area contributed by atoms with E-state index < -0.39 is 0 Å². The van der Waals surface area contributed by atoms with E-state index in [2.05, 4.69) is 11.9 Å². The van der Waals surface area contributed by atoms with Crippen LogP contribution in [0.2, 0.25) is 0 Å². The van der Waals surface area contributed by atoms with Crippen LogP contribution in [0.3, 0.4) is 0 Å². The van der Waals surface area contributed by atoms with Crippen LogP contribution in [-0.2, 0) is 0 Å². The van der Waals surface area contributed by atoms with E-state index in [-0.39, 0.29) is 6.10 Å². The van der Waals surface area contributed by atoms with Crippen molar-refractivity contribution in [2.75, 3.05) is 20.3 Å². The summed E-state index contributed by atoms with van der Waals surface area (Å²) in [4.78, 5) is 1.94. The summed E-state index contributed by atoms with van der Waals surface area (Å²) in [5, 5.41) is 12.3. The molecule has 0 amide bonds. The monoisotopic (exact) mass is 158 g/mol. The van der Waals surface area contributed by atoms with Gasteiger partial charge in [0.25, 0.3) is 0 Å². The van der Waals surface area contributed by atoms with Gasteiger partial charge >= 0.3 is 0 Å². The van der Waals surface area contributed by atoms with Crippen LogP contribution in [0.25, 0.3) is 0 Å². The van der Waals surface area contributed by atoms with Crippen molar-refractivity contribution in [3.8, 4) is 0 Å². The highest BCUT2D eigenvalue weighted by Gasteiger charge is 2.03. The largest absolute Gasteiger partial charge is 0.391 e. The maximum Gasteiger partial charge on any atom is 0.0712 e. The third kappa shape index (κ3) is 4.81. The van der Waals surface area contributed by atoms with Crippen LogP contribution in [-0.4, -0.2) is 36.4 Å². The van der Waals surface area contributed by atoms with E-state index in [9.17, 15) is 5.11 Å². The summed E-state index contributed by atoms with van der Waals surface area (Å²) in [6.07, 6.45) is 2.27. The predicted octanol–water partition coefficient (Wildman–Crippen LogP) is 0.380. The molecule has 0 spiro atoms. The molecule has 2 N–H and O–H groups in total. The van der Waals surface area contributed by atoms with Crippen molar-refractivity contribution in [3.63, 3.8) is 0 Å². The van der Waals surface area contributed by atoms with Crippen molar-refractivity contribution < 1.29 is 5.11 Å². The number of nitrogens with zero attached hydrogens (tertiary/aromatic N) is 1. The molecule has 0 saturated heterocycles. The fraction of sp³-hybridized carbons (Fsp3) is 0.750. The standard InChI is InChI=1S/C8H18N2O/c1-4-8(11)6-10(5-2)7-9-3/h5,8-9,11H,2,4,6-7H2,1,3H3. The van der Waals surface area contributed by atoms with Gasteiger partial charge in [0.1, 0.15) is 0 Å². The molecule has 0 bridgehead atoms. The smallest absolute Gasteiger partial charge is 0.0712 e. The summed E-state index contributed by atoms with van der Waals surface area (Å²) < 4.78 is 0. The van der Waals surface area contributed by atoms with Crippen molar-refractivity contribution in [3.05, 3.63) is 12.8 Å². The van der Waals surface area contributed by atoms with Crippen LogP contribution in [0.4, 0.5) is 0 Å². The van der Waals surface area contributed by atoms with E-state index in [0.717, 1.165) is 13.1 Å². The lowest BCUT2D eigenvalue weighted by Crippen LogP contribution is -2.33. The zero-order valence-corrected chi connectivity index (χ0v) is 7.38. The number of hydrogen-bond acceptors (Lipinski definition) is 3. The van der Waals surface area contributed by atoms with Crippen LogP contribution < -0.4 is 5.32 Å². The second kappa shape index (κ2) is 6.19. The molecule has 0 aromatic carbocycles. The highest BCUT2D eigenvalue weighted by atomic mass is 16.3. The first-order valence-corrected chi connectivity index (χ1v) is 3.93. The van der Waals surface area contributed by atoms with E-state index in [0.29, 0.717) is 6.54 Å². The lowest BCUT2D eigenvalue weighted by atomic mass is 10.3. The fourth-order valence-corrected chi connectivity index (χ4v) is 0.807. The third-order valence-corrected chi connectivity index (χ3v) is 1.54. The van der Waals surface area contributed by atoms with Gasteiger partial charge in [-0.25, -0.2) is 0 Å². The van der Waals surface area contributed by atoms with Crippen molar-refractivity contribution in [1.82, 2.24) is 10.2 Å². The molecule has 0 heterocycles. The highest BCUT2D eigenvalue weighted by Crippen LogP contribution is 1.94. The Balaban J connectivity index is 3.58. The lowest BCUT2D eigenvalue weighted by Gasteiger charge is -2.21. The Hall–Kier alpha value is -0.540. The summed E-state index contributed by atoms with van der Waals surface area (Å²) in [5.41, 5.74) is 0. The molecule has 0 saturated carbocycles. The molecule has 0 aliphatic carbocycles. The van der Waals surface area contributed by atoms with Gasteiger partial charge in [0.15, 0.2) is 0 Å². The Kier molecular flexibility index (Phi) is 5.88. The summed E-state index contributed by atoms with van der Waals surface area (Å²) in [5.74, 6) is 0. The maximum absolute atomic E-state index is 9.27. The molecular formula is C8H18N2O. The maximum atomic E-state index is 9.27. The average Bonchev–Trinajstić information content (AvgIpc) is 2.03. The Bertz CT molecular complexity index is 106. The van der Waals surface area contributed by atoms with Crippen LogP contribution in [0.5, 0.6) is 0 Å². The summed E-state index contributed by atoms with van der Waals surface area (Å²) in [6.45, 7) is 7.00. The SMILES string of the molecule is C=CN(CNC)CC(O)CC. The molecule has 0 aromatic rings. The first-order valence-electron chi connectivity index (χ1n) is 3.93.